The fraction of sp³-hybridized carbons (Fsp3) is 0.833. The van der Waals surface area contributed by atoms with Crippen molar-refractivity contribution in [3.8, 4) is 0 Å². The average Bonchev–Trinajstić information content (AvgIpc) is 1.60. The third-order valence-corrected chi connectivity index (χ3v) is 2.32. The fourth-order valence-electron chi connectivity index (χ4n) is 0.686. The summed E-state index contributed by atoms with van der Waals surface area (Å²) in [5.74, 6) is 0. The van der Waals surface area contributed by atoms with E-state index in [1.165, 1.54) is 11.8 Å². The van der Waals surface area contributed by atoms with E-state index < -0.39 is 0 Å². The summed E-state index contributed by atoms with van der Waals surface area (Å²) in [5, 5.41) is -0.133. The summed E-state index contributed by atoms with van der Waals surface area (Å²) in [4.78, 5) is 10.6. The van der Waals surface area contributed by atoms with E-state index in [1.807, 2.05) is 0 Å². The summed E-state index contributed by atoms with van der Waals surface area (Å²) in [7, 11) is 0. The molecular weight excluding hydrogens is 136 g/mol. The number of cyclic esters (lactones) is 1. The van der Waals surface area contributed by atoms with Crippen LogP contribution in [0.3, 0.4) is 0 Å². The Kier molecular flexibility index (Phi) is 1.70. The largest absolute Gasteiger partial charge is 0.458 e. The second-order valence-corrected chi connectivity index (χ2v) is 4.35. The molecule has 1 aliphatic heterocycles. The molecule has 0 aromatic heterocycles. The molecule has 52 valence electrons. The minimum Gasteiger partial charge on any atom is -0.458 e. The van der Waals surface area contributed by atoms with Gasteiger partial charge in [-0.3, -0.25) is 0 Å². The van der Waals surface area contributed by atoms with Crippen LogP contribution in [0, 0.1) is 0 Å². The molecule has 9 heavy (non-hydrogen) atoms. The van der Waals surface area contributed by atoms with Gasteiger partial charge < -0.3 is 4.74 Å². The Bertz CT molecular complexity index is 131. The molecule has 0 atom stereocenters. The molecule has 0 radical (unpaired) electrons. The molecule has 0 N–H and O–H groups in total. The van der Waals surface area contributed by atoms with Crippen molar-refractivity contribution >= 4 is 17.1 Å². The molecule has 3 heteroatoms. The maximum atomic E-state index is 10.6. The van der Waals surface area contributed by atoms with Crippen LogP contribution in [-0.4, -0.2) is 16.7 Å². The number of hydrogen-bond donors (Lipinski definition) is 0. The summed E-state index contributed by atoms with van der Waals surface area (Å²) in [6.07, 6.45) is 0.962. The number of rotatable bonds is 0. The second-order valence-electron chi connectivity index (χ2n) is 2.71. The Labute approximate surface area is 59.0 Å². The van der Waals surface area contributed by atoms with E-state index in [9.17, 15) is 4.79 Å². The van der Waals surface area contributed by atoms with Crippen molar-refractivity contribution in [1.82, 2.24) is 0 Å². The molecule has 2 nitrogen and oxygen atoms in total. The first kappa shape index (κ1) is 6.93. The van der Waals surface area contributed by atoms with Gasteiger partial charge in [0.1, 0.15) is 0 Å². The van der Waals surface area contributed by atoms with Gasteiger partial charge in [0, 0.05) is 4.75 Å². The lowest BCUT2D eigenvalue weighted by molar-refractivity contribution is 0.164. The van der Waals surface area contributed by atoms with Gasteiger partial charge in [-0.05, 0) is 32.0 Å². The van der Waals surface area contributed by atoms with Gasteiger partial charge in [-0.2, -0.15) is 0 Å². The van der Waals surface area contributed by atoms with E-state index in [0.717, 1.165) is 6.42 Å². The Morgan fingerprint density at radius 3 is 2.67 bits per heavy atom. The average molecular weight is 146 g/mol. The number of hydrogen-bond acceptors (Lipinski definition) is 3. The normalized spacial score (nSPS) is 25.3. The Morgan fingerprint density at radius 2 is 2.33 bits per heavy atom. The van der Waals surface area contributed by atoms with Gasteiger partial charge in [0.25, 0.3) is 0 Å². The molecule has 0 aromatic carbocycles. The second kappa shape index (κ2) is 2.21. The first-order valence-electron chi connectivity index (χ1n) is 2.96. The van der Waals surface area contributed by atoms with E-state index in [-0.39, 0.29) is 10.0 Å². The van der Waals surface area contributed by atoms with E-state index >= 15 is 0 Å². The first-order chi connectivity index (χ1) is 4.10. The van der Waals surface area contributed by atoms with E-state index in [4.69, 9.17) is 4.74 Å². The van der Waals surface area contributed by atoms with Crippen LogP contribution in [0.2, 0.25) is 0 Å². The molecule has 0 saturated carbocycles. The van der Waals surface area contributed by atoms with Gasteiger partial charge in [0.15, 0.2) is 0 Å². The quantitative estimate of drug-likeness (QED) is 0.489. The van der Waals surface area contributed by atoms with Crippen molar-refractivity contribution in [2.24, 2.45) is 0 Å². The lowest BCUT2D eigenvalue weighted by Gasteiger charge is -2.26. The topological polar surface area (TPSA) is 26.3 Å². The number of thioether (sulfide) groups is 1. The van der Waals surface area contributed by atoms with Gasteiger partial charge in [0.2, 0.25) is 0 Å². The Hall–Kier alpha value is -0.180. The third kappa shape index (κ3) is 1.90. The lowest BCUT2D eigenvalue weighted by Crippen LogP contribution is -2.26. The molecule has 0 amide bonds. The van der Waals surface area contributed by atoms with Crippen molar-refractivity contribution in [2.45, 2.75) is 25.0 Å². The maximum absolute atomic E-state index is 10.6. The summed E-state index contributed by atoms with van der Waals surface area (Å²) in [6.45, 7) is 4.69. The fourth-order valence-corrected chi connectivity index (χ4v) is 1.47. The molecule has 0 unspecified atom stereocenters. The van der Waals surface area contributed by atoms with Crippen LogP contribution in [0.5, 0.6) is 0 Å². The van der Waals surface area contributed by atoms with Crippen molar-refractivity contribution in [1.29, 1.82) is 0 Å². The summed E-state index contributed by atoms with van der Waals surface area (Å²) >= 11 is 1.28. The van der Waals surface area contributed by atoms with E-state index in [1.54, 1.807) is 0 Å². The highest BCUT2D eigenvalue weighted by Gasteiger charge is 2.28. The molecule has 0 bridgehead atoms. The highest BCUT2D eigenvalue weighted by Crippen LogP contribution is 2.33. The zero-order valence-corrected chi connectivity index (χ0v) is 6.46. The molecular formula is C6H10O2S. The summed E-state index contributed by atoms with van der Waals surface area (Å²) in [6, 6.07) is 0. The zero-order chi connectivity index (χ0) is 6.91. The highest BCUT2D eigenvalue weighted by atomic mass is 32.2. The van der Waals surface area contributed by atoms with Gasteiger partial charge in [0.05, 0.1) is 6.61 Å². The SMILES string of the molecule is CC1(C)CCOC(=O)S1. The number of ether oxygens (including phenoxy) is 1. The van der Waals surface area contributed by atoms with Gasteiger partial charge in [-0.1, -0.05) is 0 Å². The van der Waals surface area contributed by atoms with Crippen LogP contribution in [0.15, 0.2) is 0 Å². The molecule has 1 aliphatic rings. The van der Waals surface area contributed by atoms with Crippen molar-refractivity contribution in [3.63, 3.8) is 0 Å². The lowest BCUT2D eigenvalue weighted by atomic mass is 10.1. The molecule has 1 heterocycles. The van der Waals surface area contributed by atoms with Crippen molar-refractivity contribution in [2.75, 3.05) is 6.61 Å². The predicted octanol–water partition coefficient (Wildman–Crippen LogP) is 2.04. The van der Waals surface area contributed by atoms with Crippen molar-refractivity contribution < 1.29 is 9.53 Å². The van der Waals surface area contributed by atoms with Crippen LogP contribution < -0.4 is 0 Å². The van der Waals surface area contributed by atoms with E-state index in [2.05, 4.69) is 13.8 Å². The molecule has 1 saturated heterocycles. The Balaban J connectivity index is 2.51. The molecule has 1 fully saturated rings. The van der Waals surface area contributed by atoms with Gasteiger partial charge in [-0.15, -0.1) is 0 Å². The standard InChI is InChI=1S/C6H10O2S/c1-6(2)3-4-8-5(7)9-6/h3-4H2,1-2H3. The predicted molar refractivity (Wildman–Crippen MR) is 37.6 cm³/mol. The van der Waals surface area contributed by atoms with Crippen LogP contribution in [0.4, 0.5) is 4.79 Å². The van der Waals surface area contributed by atoms with E-state index in [0.29, 0.717) is 6.61 Å². The first-order valence-corrected chi connectivity index (χ1v) is 3.78. The van der Waals surface area contributed by atoms with Crippen LogP contribution >= 0.6 is 11.8 Å². The summed E-state index contributed by atoms with van der Waals surface area (Å²) in [5.41, 5.74) is 0. The number of carbonyl (C=O) groups is 1. The van der Waals surface area contributed by atoms with Gasteiger partial charge in [-0.25, -0.2) is 4.79 Å². The molecule has 0 spiro atoms. The summed E-state index contributed by atoms with van der Waals surface area (Å²) < 4.78 is 4.83. The molecule has 0 aromatic rings. The Morgan fingerprint density at radius 1 is 1.67 bits per heavy atom. The van der Waals surface area contributed by atoms with Gasteiger partial charge >= 0.3 is 5.30 Å². The molecule has 1 rings (SSSR count). The highest BCUT2D eigenvalue weighted by molar-refractivity contribution is 8.14. The van der Waals surface area contributed by atoms with Crippen LogP contribution in [0.25, 0.3) is 0 Å². The smallest absolute Gasteiger partial charge is 0.367 e. The van der Waals surface area contributed by atoms with Crippen LogP contribution in [-0.2, 0) is 4.74 Å². The maximum Gasteiger partial charge on any atom is 0.367 e. The minimum atomic E-state index is -0.133. The molecule has 0 aliphatic carbocycles. The monoisotopic (exact) mass is 146 g/mol. The van der Waals surface area contributed by atoms with Crippen LogP contribution in [0.1, 0.15) is 20.3 Å². The minimum absolute atomic E-state index is 0.0926. The zero-order valence-electron chi connectivity index (χ0n) is 5.64. The van der Waals surface area contributed by atoms with Crippen molar-refractivity contribution in [3.05, 3.63) is 0 Å². The third-order valence-electron chi connectivity index (χ3n) is 1.28. The number of carbonyl (C=O) groups excluding carboxylic acids is 1.